The summed E-state index contributed by atoms with van der Waals surface area (Å²) in [5, 5.41) is 0. The summed E-state index contributed by atoms with van der Waals surface area (Å²) in [7, 11) is 2.18. The second-order valence-electron chi connectivity index (χ2n) is 5.55. The molecule has 0 radical (unpaired) electrons. The van der Waals surface area contributed by atoms with Crippen LogP contribution in [0.2, 0.25) is 0 Å². The summed E-state index contributed by atoms with van der Waals surface area (Å²) >= 11 is 0. The van der Waals surface area contributed by atoms with E-state index < -0.39 is 0 Å². The summed E-state index contributed by atoms with van der Waals surface area (Å²) in [5.74, 6) is 1.79. The lowest BCUT2D eigenvalue weighted by atomic mass is 10.1. The molecule has 3 nitrogen and oxygen atoms in total. The Morgan fingerprint density at radius 3 is 2.84 bits per heavy atom. The highest BCUT2D eigenvalue weighted by Gasteiger charge is 2.32. The van der Waals surface area contributed by atoms with E-state index in [1.807, 2.05) is 6.07 Å². The van der Waals surface area contributed by atoms with Gasteiger partial charge in [-0.15, -0.1) is 0 Å². The molecule has 1 saturated carbocycles. The molecule has 1 aliphatic rings. The van der Waals surface area contributed by atoms with E-state index in [1.54, 1.807) is 0 Å². The molecule has 0 saturated heterocycles. The maximum Gasteiger partial charge on any atom is 0.119 e. The van der Waals surface area contributed by atoms with Crippen LogP contribution >= 0.6 is 0 Å². The van der Waals surface area contributed by atoms with Crippen molar-refractivity contribution < 1.29 is 4.74 Å². The number of hydrogen-bond donors (Lipinski definition) is 1. The van der Waals surface area contributed by atoms with Crippen LogP contribution in [0.4, 0.5) is 0 Å². The number of ether oxygens (including phenoxy) is 1. The molecule has 1 aromatic carbocycles. The average Bonchev–Trinajstić information content (AvgIpc) is 3.22. The van der Waals surface area contributed by atoms with Crippen molar-refractivity contribution >= 4 is 0 Å². The average molecular weight is 262 g/mol. The van der Waals surface area contributed by atoms with E-state index in [4.69, 9.17) is 10.5 Å². The van der Waals surface area contributed by atoms with Crippen LogP contribution < -0.4 is 10.5 Å². The molecule has 1 fully saturated rings. The van der Waals surface area contributed by atoms with Gasteiger partial charge in [-0.05, 0) is 49.9 Å². The summed E-state index contributed by atoms with van der Waals surface area (Å²) < 4.78 is 5.68. The largest absolute Gasteiger partial charge is 0.494 e. The van der Waals surface area contributed by atoms with Gasteiger partial charge in [0.1, 0.15) is 5.75 Å². The minimum absolute atomic E-state index is 0.528. The number of nitrogens with zero attached hydrogens (tertiary/aromatic N) is 1. The van der Waals surface area contributed by atoms with E-state index in [0.29, 0.717) is 6.04 Å². The Morgan fingerprint density at radius 1 is 1.42 bits per heavy atom. The third-order valence-corrected chi connectivity index (χ3v) is 3.78. The van der Waals surface area contributed by atoms with Gasteiger partial charge in [-0.2, -0.15) is 0 Å². The van der Waals surface area contributed by atoms with Crippen molar-refractivity contribution in [3.63, 3.8) is 0 Å². The third kappa shape index (κ3) is 4.22. The van der Waals surface area contributed by atoms with Crippen molar-refractivity contribution in [2.45, 2.75) is 38.8 Å². The van der Waals surface area contributed by atoms with E-state index in [-0.39, 0.29) is 0 Å². The van der Waals surface area contributed by atoms with Gasteiger partial charge in [0, 0.05) is 19.1 Å². The predicted molar refractivity (Wildman–Crippen MR) is 79.3 cm³/mol. The molecular formula is C16H26N2O. The number of likely N-dealkylation sites (N-methyl/N-ethyl adjacent to an activating group) is 1. The lowest BCUT2D eigenvalue weighted by Gasteiger charge is -2.27. The molecule has 0 heterocycles. The Kier molecular flexibility index (Phi) is 5.23. The van der Waals surface area contributed by atoms with Crippen LogP contribution in [-0.2, 0) is 6.54 Å². The molecular weight excluding hydrogens is 236 g/mol. The number of rotatable bonds is 8. The summed E-state index contributed by atoms with van der Waals surface area (Å²) in [6.45, 7) is 4.61. The van der Waals surface area contributed by atoms with E-state index >= 15 is 0 Å². The zero-order valence-corrected chi connectivity index (χ0v) is 12.1. The van der Waals surface area contributed by atoms with Crippen molar-refractivity contribution in [2.24, 2.45) is 11.7 Å². The Balaban J connectivity index is 1.93. The fourth-order valence-corrected chi connectivity index (χ4v) is 2.57. The molecule has 0 amide bonds. The minimum Gasteiger partial charge on any atom is -0.494 e. The monoisotopic (exact) mass is 262 g/mol. The van der Waals surface area contributed by atoms with E-state index in [2.05, 4.69) is 37.1 Å². The summed E-state index contributed by atoms with van der Waals surface area (Å²) in [6, 6.07) is 8.94. The van der Waals surface area contributed by atoms with Crippen LogP contribution in [0.5, 0.6) is 5.75 Å². The van der Waals surface area contributed by atoms with Crippen LogP contribution in [0, 0.1) is 5.92 Å². The first-order valence-electron chi connectivity index (χ1n) is 7.36. The summed E-state index contributed by atoms with van der Waals surface area (Å²) in [4.78, 5) is 2.39. The van der Waals surface area contributed by atoms with Gasteiger partial charge in [0.25, 0.3) is 0 Å². The van der Waals surface area contributed by atoms with E-state index in [1.165, 1.54) is 18.4 Å². The zero-order valence-electron chi connectivity index (χ0n) is 12.1. The van der Waals surface area contributed by atoms with Gasteiger partial charge in [-0.3, -0.25) is 4.90 Å². The molecule has 1 unspecified atom stereocenters. The number of nitrogens with two attached hydrogens (primary N) is 1. The van der Waals surface area contributed by atoms with Crippen LogP contribution in [0.1, 0.15) is 31.7 Å². The van der Waals surface area contributed by atoms with Crippen LogP contribution in [0.3, 0.4) is 0 Å². The molecule has 1 aromatic rings. The maximum absolute atomic E-state index is 5.90. The normalized spacial score (nSPS) is 16.6. The Bertz CT molecular complexity index is 390. The van der Waals surface area contributed by atoms with Gasteiger partial charge in [-0.25, -0.2) is 0 Å². The Labute approximate surface area is 116 Å². The zero-order chi connectivity index (χ0) is 13.7. The lowest BCUT2D eigenvalue weighted by molar-refractivity contribution is 0.215. The predicted octanol–water partition coefficient (Wildman–Crippen LogP) is 2.64. The van der Waals surface area contributed by atoms with Crippen molar-refractivity contribution in [3.8, 4) is 5.75 Å². The highest BCUT2D eigenvalue weighted by atomic mass is 16.5. The van der Waals surface area contributed by atoms with Crippen LogP contribution in [-0.4, -0.2) is 31.1 Å². The SMILES string of the molecule is CCCOc1cccc(CN(C)C(CN)C2CC2)c1. The van der Waals surface area contributed by atoms with Gasteiger partial charge in [0.15, 0.2) is 0 Å². The van der Waals surface area contributed by atoms with Gasteiger partial charge >= 0.3 is 0 Å². The van der Waals surface area contributed by atoms with Crippen molar-refractivity contribution in [1.29, 1.82) is 0 Å². The molecule has 0 aliphatic heterocycles. The van der Waals surface area contributed by atoms with Gasteiger partial charge in [0.05, 0.1) is 6.61 Å². The second-order valence-corrected chi connectivity index (χ2v) is 5.55. The molecule has 3 heteroatoms. The first-order valence-corrected chi connectivity index (χ1v) is 7.36. The van der Waals surface area contributed by atoms with E-state index in [0.717, 1.165) is 37.8 Å². The third-order valence-electron chi connectivity index (χ3n) is 3.78. The summed E-state index contributed by atoms with van der Waals surface area (Å²) in [5.41, 5.74) is 7.20. The fourth-order valence-electron chi connectivity index (χ4n) is 2.57. The van der Waals surface area contributed by atoms with Crippen molar-refractivity contribution in [3.05, 3.63) is 29.8 Å². The molecule has 0 aromatic heterocycles. The molecule has 0 bridgehead atoms. The highest BCUT2D eigenvalue weighted by Crippen LogP contribution is 2.35. The van der Waals surface area contributed by atoms with Gasteiger partial charge in [-0.1, -0.05) is 19.1 Å². The highest BCUT2D eigenvalue weighted by molar-refractivity contribution is 5.28. The van der Waals surface area contributed by atoms with Crippen molar-refractivity contribution in [1.82, 2.24) is 4.90 Å². The molecule has 1 aliphatic carbocycles. The van der Waals surface area contributed by atoms with Gasteiger partial charge in [0.2, 0.25) is 0 Å². The first-order chi connectivity index (χ1) is 9.24. The molecule has 2 N–H and O–H groups in total. The molecule has 1 atom stereocenters. The fraction of sp³-hybridized carbons (Fsp3) is 0.625. The number of hydrogen-bond acceptors (Lipinski definition) is 3. The first kappa shape index (κ1) is 14.4. The Hall–Kier alpha value is -1.06. The smallest absolute Gasteiger partial charge is 0.119 e. The second kappa shape index (κ2) is 6.92. The maximum atomic E-state index is 5.90. The molecule has 19 heavy (non-hydrogen) atoms. The lowest BCUT2D eigenvalue weighted by Crippen LogP contribution is -2.39. The summed E-state index contributed by atoms with van der Waals surface area (Å²) in [6.07, 6.45) is 3.72. The number of benzene rings is 1. The molecule has 0 spiro atoms. The van der Waals surface area contributed by atoms with E-state index in [9.17, 15) is 0 Å². The standard InChI is InChI=1S/C16H26N2O/c1-3-9-19-15-6-4-5-13(10-15)12-18(2)16(11-17)14-7-8-14/h4-6,10,14,16H,3,7-9,11-12,17H2,1-2H3. The molecule has 106 valence electrons. The van der Waals surface area contributed by atoms with Crippen molar-refractivity contribution in [2.75, 3.05) is 20.2 Å². The minimum atomic E-state index is 0.528. The van der Waals surface area contributed by atoms with Gasteiger partial charge < -0.3 is 10.5 Å². The Morgan fingerprint density at radius 2 is 2.21 bits per heavy atom. The topological polar surface area (TPSA) is 38.5 Å². The van der Waals surface area contributed by atoms with Crippen LogP contribution in [0.15, 0.2) is 24.3 Å². The quantitative estimate of drug-likeness (QED) is 0.782. The van der Waals surface area contributed by atoms with Crippen LogP contribution in [0.25, 0.3) is 0 Å². The molecule has 2 rings (SSSR count).